The molecule has 2 rings (SSSR count). The van der Waals surface area contributed by atoms with E-state index in [0.717, 1.165) is 0 Å². The monoisotopic (exact) mass is 377 g/mol. The summed E-state index contributed by atoms with van der Waals surface area (Å²) in [7, 11) is -3.66. The molecular weight excluding hydrogens is 345 g/mol. The summed E-state index contributed by atoms with van der Waals surface area (Å²) in [4.78, 5) is 4.19. The minimum atomic E-state index is -3.66. The van der Waals surface area contributed by atoms with E-state index in [1.807, 2.05) is 34.6 Å². The molecule has 0 amide bonds. The van der Waals surface area contributed by atoms with Gasteiger partial charge in [-0.25, -0.2) is 4.57 Å². The van der Waals surface area contributed by atoms with Gasteiger partial charge in [0.15, 0.2) is 0 Å². The number of nitrogens with zero attached hydrogens (tertiary/aromatic N) is 3. The van der Waals surface area contributed by atoms with Gasteiger partial charge in [-0.1, -0.05) is 0 Å². The van der Waals surface area contributed by atoms with Crippen molar-refractivity contribution in [2.24, 2.45) is 4.76 Å². The molecule has 1 atom stereocenters. The van der Waals surface area contributed by atoms with E-state index in [4.69, 9.17) is 18.5 Å². The molecule has 0 spiro atoms. The Kier molecular flexibility index (Phi) is 7.29. The topological polar surface area (TPSA) is 72.8 Å². The predicted molar refractivity (Wildman–Crippen MR) is 96.9 cm³/mol. The van der Waals surface area contributed by atoms with E-state index < -0.39 is 13.3 Å². The lowest BCUT2D eigenvalue weighted by molar-refractivity contribution is 0.0413. The zero-order valence-corrected chi connectivity index (χ0v) is 17.0. The molecule has 0 aromatic carbocycles. The predicted octanol–water partition coefficient (Wildman–Crippen LogP) is 2.35. The molecule has 0 aromatic rings. The standard InChI is InChI=1S/C16H32N3O5P/c1-14(2)23-25(20,24-16(3,4)5)17-15(18-6-10-21-11-7-18)19-8-12-22-13-9-19/h14H,6-13H2,1-5H3. The molecule has 2 fully saturated rings. The summed E-state index contributed by atoms with van der Waals surface area (Å²) >= 11 is 0. The van der Waals surface area contributed by atoms with E-state index in [2.05, 4.69) is 14.6 Å². The van der Waals surface area contributed by atoms with Gasteiger partial charge in [0.25, 0.3) is 0 Å². The minimum absolute atomic E-state index is 0.257. The van der Waals surface area contributed by atoms with Crippen LogP contribution in [0.1, 0.15) is 34.6 Å². The minimum Gasteiger partial charge on any atom is -0.378 e. The van der Waals surface area contributed by atoms with Gasteiger partial charge in [-0.05, 0) is 34.6 Å². The Labute approximate surface area is 151 Å². The van der Waals surface area contributed by atoms with Crippen LogP contribution in [0.15, 0.2) is 4.76 Å². The molecule has 2 aliphatic heterocycles. The molecule has 25 heavy (non-hydrogen) atoms. The van der Waals surface area contributed by atoms with Crippen molar-refractivity contribution in [1.82, 2.24) is 9.80 Å². The van der Waals surface area contributed by atoms with Gasteiger partial charge in [-0.3, -0.25) is 9.05 Å². The highest BCUT2D eigenvalue weighted by Gasteiger charge is 2.35. The van der Waals surface area contributed by atoms with Crippen molar-refractivity contribution < 1.29 is 23.1 Å². The Bertz CT molecular complexity index is 474. The molecule has 2 heterocycles. The average Bonchev–Trinajstić information content (AvgIpc) is 2.52. The molecule has 1 unspecified atom stereocenters. The highest BCUT2D eigenvalue weighted by molar-refractivity contribution is 7.52. The number of morpholine rings is 2. The van der Waals surface area contributed by atoms with E-state index >= 15 is 0 Å². The molecule has 8 nitrogen and oxygen atoms in total. The van der Waals surface area contributed by atoms with Crippen LogP contribution in [0.3, 0.4) is 0 Å². The van der Waals surface area contributed by atoms with E-state index in [0.29, 0.717) is 58.6 Å². The summed E-state index contributed by atoms with van der Waals surface area (Å²) in [6.07, 6.45) is -0.257. The second kappa shape index (κ2) is 8.82. The molecule has 2 aliphatic rings. The Morgan fingerprint density at radius 2 is 1.44 bits per heavy atom. The van der Waals surface area contributed by atoms with Crippen molar-refractivity contribution in [2.45, 2.75) is 46.3 Å². The lowest BCUT2D eigenvalue weighted by atomic mass is 10.2. The van der Waals surface area contributed by atoms with Crippen LogP contribution in [0.5, 0.6) is 0 Å². The lowest BCUT2D eigenvalue weighted by Gasteiger charge is -2.38. The maximum absolute atomic E-state index is 13.4. The second-order valence-electron chi connectivity index (χ2n) is 7.43. The fourth-order valence-corrected chi connectivity index (χ4v) is 4.47. The number of guanidine groups is 1. The number of hydrogen-bond acceptors (Lipinski definition) is 5. The van der Waals surface area contributed by atoms with Crippen molar-refractivity contribution in [3.05, 3.63) is 0 Å². The highest BCUT2D eigenvalue weighted by Crippen LogP contribution is 2.54. The third kappa shape index (κ3) is 6.87. The quantitative estimate of drug-likeness (QED) is 0.423. The van der Waals surface area contributed by atoms with E-state index in [9.17, 15) is 4.57 Å². The summed E-state index contributed by atoms with van der Waals surface area (Å²) in [5.41, 5.74) is -0.630. The Balaban J connectivity index is 2.33. The maximum Gasteiger partial charge on any atom is 0.457 e. The fraction of sp³-hybridized carbons (Fsp3) is 0.938. The van der Waals surface area contributed by atoms with Crippen LogP contribution in [0.2, 0.25) is 0 Å². The molecule has 0 aliphatic carbocycles. The smallest absolute Gasteiger partial charge is 0.378 e. The normalized spacial score (nSPS) is 22.0. The van der Waals surface area contributed by atoms with Crippen LogP contribution in [-0.2, 0) is 23.1 Å². The zero-order valence-electron chi connectivity index (χ0n) is 16.1. The summed E-state index contributed by atoms with van der Waals surface area (Å²) in [5, 5.41) is 0. The third-order valence-electron chi connectivity index (χ3n) is 3.53. The van der Waals surface area contributed by atoms with Gasteiger partial charge in [0.05, 0.1) is 38.1 Å². The van der Waals surface area contributed by atoms with Crippen LogP contribution in [0, 0.1) is 0 Å². The Morgan fingerprint density at radius 1 is 1.00 bits per heavy atom. The molecule has 146 valence electrons. The van der Waals surface area contributed by atoms with Crippen molar-refractivity contribution in [3.8, 4) is 0 Å². The van der Waals surface area contributed by atoms with Crippen molar-refractivity contribution in [2.75, 3.05) is 52.6 Å². The highest BCUT2D eigenvalue weighted by atomic mass is 31.2. The van der Waals surface area contributed by atoms with Crippen LogP contribution in [-0.4, -0.2) is 80.1 Å². The molecule has 0 N–H and O–H groups in total. The van der Waals surface area contributed by atoms with Gasteiger partial charge in [-0.15, -0.1) is 4.76 Å². The largest absolute Gasteiger partial charge is 0.457 e. The van der Waals surface area contributed by atoms with Gasteiger partial charge < -0.3 is 19.3 Å². The number of hydrogen-bond donors (Lipinski definition) is 0. The third-order valence-corrected chi connectivity index (χ3v) is 5.42. The fourth-order valence-electron chi connectivity index (χ4n) is 2.64. The zero-order chi connectivity index (χ0) is 18.5. The van der Waals surface area contributed by atoms with Crippen molar-refractivity contribution in [1.29, 1.82) is 0 Å². The average molecular weight is 377 g/mol. The van der Waals surface area contributed by atoms with E-state index in [1.165, 1.54) is 0 Å². The molecule has 0 radical (unpaired) electrons. The molecule has 0 aromatic heterocycles. The summed E-state index contributed by atoms with van der Waals surface area (Å²) in [6.45, 7) is 14.5. The molecular formula is C16H32N3O5P. The first-order valence-corrected chi connectivity index (χ1v) is 10.4. The van der Waals surface area contributed by atoms with Crippen LogP contribution >= 0.6 is 7.75 Å². The summed E-state index contributed by atoms with van der Waals surface area (Å²) in [6, 6.07) is 0. The molecule has 2 saturated heterocycles. The summed E-state index contributed by atoms with van der Waals surface area (Å²) < 4.78 is 40.3. The number of rotatable bonds is 4. The first-order valence-electron chi connectivity index (χ1n) is 8.93. The van der Waals surface area contributed by atoms with Gasteiger partial charge in [0.1, 0.15) is 0 Å². The van der Waals surface area contributed by atoms with Gasteiger partial charge in [0.2, 0.25) is 5.96 Å². The lowest BCUT2D eigenvalue weighted by Crippen LogP contribution is -2.52. The maximum atomic E-state index is 13.4. The molecule has 0 bridgehead atoms. The Morgan fingerprint density at radius 3 is 1.80 bits per heavy atom. The van der Waals surface area contributed by atoms with Crippen molar-refractivity contribution in [3.63, 3.8) is 0 Å². The second-order valence-corrected chi connectivity index (χ2v) is 8.96. The molecule has 0 saturated carbocycles. The van der Waals surface area contributed by atoms with Crippen molar-refractivity contribution >= 4 is 13.7 Å². The van der Waals surface area contributed by atoms with Crippen LogP contribution in [0.4, 0.5) is 0 Å². The van der Waals surface area contributed by atoms with Gasteiger partial charge in [-0.2, -0.15) is 0 Å². The number of ether oxygens (including phenoxy) is 2. The van der Waals surface area contributed by atoms with Gasteiger partial charge >= 0.3 is 7.75 Å². The van der Waals surface area contributed by atoms with Crippen LogP contribution in [0.25, 0.3) is 0 Å². The SMILES string of the molecule is CC(C)OP(=O)(N=C(N1CCOCC1)N1CCOCC1)OC(C)(C)C. The summed E-state index contributed by atoms with van der Waals surface area (Å²) in [5.74, 6) is 0.653. The Hall–Kier alpha value is -0.660. The van der Waals surface area contributed by atoms with E-state index in [1.54, 1.807) is 0 Å². The molecule has 9 heteroatoms. The first kappa shape index (κ1) is 20.6. The first-order chi connectivity index (χ1) is 11.7. The van der Waals surface area contributed by atoms with E-state index in [-0.39, 0.29) is 6.10 Å². The van der Waals surface area contributed by atoms with Crippen LogP contribution < -0.4 is 0 Å². The van der Waals surface area contributed by atoms with Gasteiger partial charge in [0, 0.05) is 26.2 Å².